The van der Waals surface area contributed by atoms with E-state index >= 15 is 0 Å². The monoisotopic (exact) mass is 275 g/mol. The third-order valence-electron chi connectivity index (χ3n) is 2.68. The summed E-state index contributed by atoms with van der Waals surface area (Å²) < 4.78 is 4.71. The zero-order chi connectivity index (χ0) is 14.9. The fraction of sp³-hybridized carbons (Fsp3) is 0.231. The number of amides is 1. The third-order valence-corrected chi connectivity index (χ3v) is 2.68. The number of nitrogens with zero attached hydrogens (tertiary/aromatic N) is 2. The molecule has 2 rings (SSSR count). The quantitative estimate of drug-likeness (QED) is 0.886. The molecular formula is C13H13N3O4. The maximum atomic E-state index is 12.0. The second kappa shape index (κ2) is 5.12. The van der Waals surface area contributed by atoms with Crippen LogP contribution < -0.4 is 5.32 Å². The Morgan fingerprint density at radius 3 is 2.50 bits per heavy atom. The molecule has 0 saturated heterocycles. The van der Waals surface area contributed by atoms with Crippen LogP contribution in [0.2, 0.25) is 0 Å². The van der Waals surface area contributed by atoms with Crippen molar-refractivity contribution in [2.24, 2.45) is 0 Å². The standard InChI is InChI=1S/C13H13N3O4/c1-6-4-7(2)10(9(5-6)13(18)19)15-12(17)11-14-8(3)20-16-11/h4-5H,1-3H3,(H,15,17)(H,18,19). The van der Waals surface area contributed by atoms with Gasteiger partial charge < -0.3 is 14.9 Å². The van der Waals surface area contributed by atoms with Crippen LogP contribution in [0.1, 0.15) is 38.0 Å². The third kappa shape index (κ3) is 2.66. The predicted molar refractivity (Wildman–Crippen MR) is 69.9 cm³/mol. The van der Waals surface area contributed by atoms with E-state index < -0.39 is 11.9 Å². The lowest BCUT2D eigenvalue weighted by Crippen LogP contribution is -2.17. The number of hydrogen-bond donors (Lipinski definition) is 2. The molecule has 0 aliphatic heterocycles. The first-order valence-electron chi connectivity index (χ1n) is 5.84. The van der Waals surface area contributed by atoms with Gasteiger partial charge in [0.2, 0.25) is 5.89 Å². The van der Waals surface area contributed by atoms with Gasteiger partial charge in [-0.05, 0) is 31.0 Å². The SMILES string of the molecule is Cc1cc(C)c(NC(=O)c2noc(C)n2)c(C(=O)O)c1. The van der Waals surface area contributed by atoms with Gasteiger partial charge in [-0.15, -0.1) is 0 Å². The average molecular weight is 275 g/mol. The van der Waals surface area contributed by atoms with E-state index in [0.717, 1.165) is 5.56 Å². The number of benzene rings is 1. The number of carboxylic acids is 1. The summed E-state index contributed by atoms with van der Waals surface area (Å²) in [6.07, 6.45) is 0. The molecule has 0 atom stereocenters. The molecule has 0 unspecified atom stereocenters. The van der Waals surface area contributed by atoms with Crippen LogP contribution in [-0.4, -0.2) is 27.1 Å². The summed E-state index contributed by atoms with van der Waals surface area (Å²) in [4.78, 5) is 27.0. The average Bonchev–Trinajstić information content (AvgIpc) is 2.78. The number of aryl methyl sites for hydroxylation is 3. The van der Waals surface area contributed by atoms with Gasteiger partial charge in [0.05, 0.1) is 11.3 Å². The fourth-order valence-corrected chi connectivity index (χ4v) is 1.86. The lowest BCUT2D eigenvalue weighted by molar-refractivity contribution is 0.0698. The van der Waals surface area contributed by atoms with Crippen molar-refractivity contribution in [1.29, 1.82) is 0 Å². The summed E-state index contributed by atoms with van der Waals surface area (Å²) in [5, 5.41) is 15.2. The van der Waals surface area contributed by atoms with Crippen LogP contribution in [-0.2, 0) is 0 Å². The molecule has 0 saturated carbocycles. The van der Waals surface area contributed by atoms with Crippen LogP contribution in [0.15, 0.2) is 16.7 Å². The number of nitrogens with one attached hydrogen (secondary N) is 1. The lowest BCUT2D eigenvalue weighted by Gasteiger charge is -2.11. The molecule has 0 aliphatic carbocycles. The second-order valence-electron chi connectivity index (χ2n) is 4.40. The van der Waals surface area contributed by atoms with E-state index in [0.29, 0.717) is 5.56 Å². The molecule has 1 aromatic heterocycles. The van der Waals surface area contributed by atoms with Crippen molar-refractivity contribution in [2.45, 2.75) is 20.8 Å². The van der Waals surface area contributed by atoms with E-state index in [9.17, 15) is 14.7 Å². The van der Waals surface area contributed by atoms with Crippen molar-refractivity contribution in [2.75, 3.05) is 5.32 Å². The molecule has 0 aliphatic rings. The van der Waals surface area contributed by atoms with Crippen molar-refractivity contribution >= 4 is 17.6 Å². The zero-order valence-electron chi connectivity index (χ0n) is 11.2. The summed E-state index contributed by atoms with van der Waals surface area (Å²) in [7, 11) is 0. The van der Waals surface area contributed by atoms with Gasteiger partial charge in [-0.1, -0.05) is 11.2 Å². The van der Waals surface area contributed by atoms with Crippen molar-refractivity contribution < 1.29 is 19.2 Å². The Hall–Kier alpha value is -2.70. The highest BCUT2D eigenvalue weighted by atomic mass is 16.5. The van der Waals surface area contributed by atoms with E-state index in [1.807, 2.05) is 0 Å². The molecule has 2 N–H and O–H groups in total. The molecule has 20 heavy (non-hydrogen) atoms. The number of aromatic carboxylic acids is 1. The molecule has 0 radical (unpaired) electrons. The highest BCUT2D eigenvalue weighted by Crippen LogP contribution is 2.23. The number of hydrogen-bond acceptors (Lipinski definition) is 5. The lowest BCUT2D eigenvalue weighted by atomic mass is 10.0. The van der Waals surface area contributed by atoms with Gasteiger partial charge in [-0.2, -0.15) is 4.98 Å². The maximum absolute atomic E-state index is 12.0. The van der Waals surface area contributed by atoms with Gasteiger partial charge in [-0.3, -0.25) is 4.79 Å². The molecule has 7 nitrogen and oxygen atoms in total. The first kappa shape index (κ1) is 13.7. The molecule has 1 aromatic carbocycles. The molecule has 0 bridgehead atoms. The topological polar surface area (TPSA) is 105 Å². The minimum absolute atomic E-state index is 0.0241. The second-order valence-corrected chi connectivity index (χ2v) is 4.40. The van der Waals surface area contributed by atoms with Crippen LogP contribution in [0, 0.1) is 20.8 Å². The number of carboxylic acid groups (broad SMARTS) is 1. The fourth-order valence-electron chi connectivity index (χ4n) is 1.86. The number of rotatable bonds is 3. The number of carbonyl (C=O) groups is 2. The van der Waals surface area contributed by atoms with Crippen LogP contribution in [0.3, 0.4) is 0 Å². The van der Waals surface area contributed by atoms with Crippen molar-refractivity contribution in [1.82, 2.24) is 10.1 Å². The Morgan fingerprint density at radius 1 is 1.25 bits per heavy atom. The summed E-state index contributed by atoms with van der Waals surface area (Å²) in [6.45, 7) is 5.06. The maximum Gasteiger partial charge on any atom is 0.337 e. The minimum Gasteiger partial charge on any atom is -0.478 e. The Labute approximate surface area is 114 Å². The molecule has 1 heterocycles. The highest BCUT2D eigenvalue weighted by Gasteiger charge is 2.19. The van der Waals surface area contributed by atoms with Crippen molar-refractivity contribution in [3.8, 4) is 0 Å². The Bertz CT molecular complexity index is 691. The van der Waals surface area contributed by atoms with E-state index in [1.165, 1.54) is 6.07 Å². The first-order valence-corrected chi connectivity index (χ1v) is 5.84. The van der Waals surface area contributed by atoms with Gasteiger partial charge in [0, 0.05) is 6.92 Å². The molecule has 0 fully saturated rings. The van der Waals surface area contributed by atoms with Gasteiger partial charge in [0.25, 0.3) is 11.7 Å². The van der Waals surface area contributed by atoms with Gasteiger partial charge in [0.15, 0.2) is 0 Å². The molecular weight excluding hydrogens is 262 g/mol. The molecule has 1 amide bonds. The summed E-state index contributed by atoms with van der Waals surface area (Å²) >= 11 is 0. The van der Waals surface area contributed by atoms with Gasteiger partial charge >= 0.3 is 5.97 Å². The normalized spacial score (nSPS) is 10.3. The summed E-state index contributed by atoms with van der Waals surface area (Å²) in [6, 6.07) is 3.27. The number of carbonyl (C=O) groups excluding carboxylic acids is 1. The molecule has 2 aromatic rings. The zero-order valence-corrected chi connectivity index (χ0v) is 11.2. The molecule has 0 spiro atoms. The Kier molecular flexibility index (Phi) is 3.51. The smallest absolute Gasteiger partial charge is 0.337 e. The number of aromatic nitrogens is 2. The first-order chi connectivity index (χ1) is 9.38. The predicted octanol–water partition coefficient (Wildman–Crippen LogP) is 1.95. The van der Waals surface area contributed by atoms with Gasteiger partial charge in [-0.25, -0.2) is 4.79 Å². The van der Waals surface area contributed by atoms with Crippen LogP contribution in [0.4, 0.5) is 5.69 Å². The largest absolute Gasteiger partial charge is 0.478 e. The summed E-state index contributed by atoms with van der Waals surface area (Å²) in [5.74, 6) is -1.61. The Balaban J connectivity index is 2.38. The van der Waals surface area contributed by atoms with Crippen LogP contribution in [0.5, 0.6) is 0 Å². The van der Waals surface area contributed by atoms with Crippen LogP contribution >= 0.6 is 0 Å². The number of anilines is 1. The highest BCUT2D eigenvalue weighted by molar-refractivity contribution is 6.06. The van der Waals surface area contributed by atoms with E-state index in [2.05, 4.69) is 15.5 Å². The van der Waals surface area contributed by atoms with Crippen molar-refractivity contribution in [3.63, 3.8) is 0 Å². The van der Waals surface area contributed by atoms with E-state index in [-0.39, 0.29) is 23.0 Å². The minimum atomic E-state index is -1.11. The van der Waals surface area contributed by atoms with Crippen molar-refractivity contribution in [3.05, 3.63) is 40.5 Å². The molecule has 104 valence electrons. The van der Waals surface area contributed by atoms with E-state index in [1.54, 1.807) is 26.8 Å². The Morgan fingerprint density at radius 2 is 1.95 bits per heavy atom. The van der Waals surface area contributed by atoms with Crippen LogP contribution in [0.25, 0.3) is 0 Å². The molecule has 7 heteroatoms. The van der Waals surface area contributed by atoms with Gasteiger partial charge in [0.1, 0.15) is 0 Å². The van der Waals surface area contributed by atoms with E-state index in [4.69, 9.17) is 4.52 Å². The summed E-state index contributed by atoms with van der Waals surface area (Å²) in [5.41, 5.74) is 1.70.